The predicted molar refractivity (Wildman–Crippen MR) is 139 cm³/mol. The van der Waals surface area contributed by atoms with E-state index >= 15 is 0 Å². The monoisotopic (exact) mass is 541 g/mol. The molecule has 0 spiro atoms. The van der Waals surface area contributed by atoms with E-state index in [2.05, 4.69) is 20.3 Å². The van der Waals surface area contributed by atoms with Gasteiger partial charge in [-0.05, 0) is 45.1 Å². The lowest BCUT2D eigenvalue weighted by Gasteiger charge is -2.37. The van der Waals surface area contributed by atoms with Crippen LogP contribution in [0.4, 0.5) is 4.39 Å². The van der Waals surface area contributed by atoms with Crippen LogP contribution in [-0.2, 0) is 4.79 Å². The van der Waals surface area contributed by atoms with Crippen LogP contribution in [0.25, 0.3) is 22.3 Å². The lowest BCUT2D eigenvalue weighted by atomic mass is 10.0. The van der Waals surface area contributed by atoms with Gasteiger partial charge in [-0.3, -0.25) is 9.59 Å². The Bertz CT molecular complexity index is 1410. The Morgan fingerprint density at radius 2 is 2.03 bits per heavy atom. The molecule has 3 atom stereocenters. The highest BCUT2D eigenvalue weighted by atomic mass is 19.1. The maximum Gasteiger partial charge on any atom is 0.255 e. The molecule has 0 bridgehead atoms. The molecule has 208 valence electrons. The molecule has 3 aromatic rings. The number of H-pyrrole nitrogens is 1. The third kappa shape index (κ3) is 5.39. The Hall–Kier alpha value is -3.77. The largest absolute Gasteiger partial charge is 0.494 e. The van der Waals surface area contributed by atoms with E-state index in [4.69, 9.17) is 9.47 Å². The van der Waals surface area contributed by atoms with Gasteiger partial charge in [-0.15, -0.1) is 0 Å². The van der Waals surface area contributed by atoms with Gasteiger partial charge in [-0.1, -0.05) is 0 Å². The van der Waals surface area contributed by atoms with Crippen LogP contribution in [0.3, 0.4) is 0 Å². The number of hydrogen-bond donors (Lipinski definition) is 4. The number of aliphatic hydroxyl groups excluding tert-OH is 2. The van der Waals surface area contributed by atoms with Gasteiger partial charge in [0.25, 0.3) is 11.8 Å². The fraction of sp³-hybridized carbons (Fsp3) is 0.481. The second kappa shape index (κ2) is 10.8. The third-order valence-corrected chi connectivity index (χ3v) is 7.24. The number of aryl methyl sites for hydroxylation is 1. The minimum atomic E-state index is -1.18. The van der Waals surface area contributed by atoms with Crippen molar-refractivity contribution < 1.29 is 33.7 Å². The van der Waals surface area contributed by atoms with Gasteiger partial charge in [-0.25, -0.2) is 14.4 Å². The molecule has 1 saturated carbocycles. The summed E-state index contributed by atoms with van der Waals surface area (Å²) in [6.07, 6.45) is 1.69. The second-order valence-corrected chi connectivity index (χ2v) is 10.2. The highest BCUT2D eigenvalue weighted by Crippen LogP contribution is 2.39. The van der Waals surface area contributed by atoms with Crippen LogP contribution in [0.2, 0.25) is 0 Å². The zero-order chi connectivity index (χ0) is 27.8. The van der Waals surface area contributed by atoms with Crippen molar-refractivity contribution >= 4 is 22.8 Å². The molecule has 5 rings (SSSR count). The molecule has 2 fully saturated rings. The van der Waals surface area contributed by atoms with Crippen LogP contribution < -0.4 is 14.8 Å². The average molecular weight is 542 g/mol. The van der Waals surface area contributed by atoms with Crippen molar-refractivity contribution in [3.8, 4) is 22.8 Å². The van der Waals surface area contributed by atoms with Crippen LogP contribution in [0.1, 0.15) is 42.2 Å². The van der Waals surface area contributed by atoms with E-state index in [0.717, 1.165) is 12.8 Å². The minimum absolute atomic E-state index is 0.0272. The fourth-order valence-electron chi connectivity index (χ4n) is 4.88. The molecular formula is C27H32FN5O6. The summed E-state index contributed by atoms with van der Waals surface area (Å²) >= 11 is 0. The number of fused-ring (bicyclic) bond motifs is 1. The van der Waals surface area contributed by atoms with Crippen molar-refractivity contribution in [2.45, 2.75) is 51.4 Å². The molecule has 12 heteroatoms. The molecule has 11 nitrogen and oxygen atoms in total. The van der Waals surface area contributed by atoms with Crippen LogP contribution in [-0.4, -0.2) is 86.9 Å². The van der Waals surface area contributed by atoms with Gasteiger partial charge < -0.3 is 34.9 Å². The van der Waals surface area contributed by atoms with Crippen LogP contribution >= 0.6 is 0 Å². The molecule has 2 aromatic heterocycles. The van der Waals surface area contributed by atoms with Crippen LogP contribution in [0.15, 0.2) is 18.5 Å². The Labute approximate surface area is 224 Å². The summed E-state index contributed by atoms with van der Waals surface area (Å²) < 4.78 is 25.8. The van der Waals surface area contributed by atoms with Crippen LogP contribution in [0.5, 0.6) is 11.5 Å². The van der Waals surface area contributed by atoms with Crippen molar-refractivity contribution in [2.24, 2.45) is 5.92 Å². The number of carbonyl (C=O) groups is 2. The van der Waals surface area contributed by atoms with Crippen molar-refractivity contribution in [1.82, 2.24) is 25.2 Å². The van der Waals surface area contributed by atoms with E-state index in [9.17, 15) is 24.2 Å². The number of aliphatic hydroxyl groups is 2. The number of rotatable bonds is 8. The first-order valence-corrected chi connectivity index (χ1v) is 13.0. The summed E-state index contributed by atoms with van der Waals surface area (Å²) in [6.45, 7) is 3.91. The zero-order valence-corrected chi connectivity index (χ0v) is 22.0. The van der Waals surface area contributed by atoms with Gasteiger partial charge in [0.2, 0.25) is 0 Å². The maximum atomic E-state index is 14.6. The number of likely N-dealkylation sites (tertiary alicyclic amines) is 1. The number of nitrogens with one attached hydrogen (secondary N) is 2. The quantitative estimate of drug-likeness (QED) is 0.338. The number of nitrogens with zero attached hydrogens (tertiary/aromatic N) is 3. The molecule has 1 aliphatic heterocycles. The molecule has 39 heavy (non-hydrogen) atoms. The molecule has 2 aliphatic rings. The number of ether oxygens (including phenoxy) is 2. The predicted octanol–water partition coefficient (Wildman–Crippen LogP) is 1.94. The Morgan fingerprint density at radius 3 is 2.72 bits per heavy atom. The van der Waals surface area contributed by atoms with Crippen LogP contribution in [0, 0.1) is 18.7 Å². The van der Waals surface area contributed by atoms with Crippen molar-refractivity contribution in [2.75, 3.05) is 26.8 Å². The molecule has 2 amide bonds. The fourth-order valence-corrected chi connectivity index (χ4v) is 4.88. The first kappa shape index (κ1) is 26.8. The maximum absolute atomic E-state index is 14.6. The van der Waals surface area contributed by atoms with E-state index in [1.807, 2.05) is 0 Å². The van der Waals surface area contributed by atoms with Crippen molar-refractivity contribution in [1.29, 1.82) is 0 Å². The minimum Gasteiger partial charge on any atom is -0.494 e. The number of benzene rings is 1. The lowest BCUT2D eigenvalue weighted by molar-refractivity contribution is -0.142. The highest BCUT2D eigenvalue weighted by Gasteiger charge is 2.34. The molecule has 4 N–H and O–H groups in total. The molecule has 1 aliphatic carbocycles. The number of carbonyl (C=O) groups excluding carboxylic acids is 2. The number of piperidine rings is 1. The topological polar surface area (TPSA) is 150 Å². The first-order chi connectivity index (χ1) is 18.7. The smallest absolute Gasteiger partial charge is 0.255 e. The molecule has 0 radical (unpaired) electrons. The second-order valence-electron chi connectivity index (χ2n) is 10.2. The van der Waals surface area contributed by atoms with Gasteiger partial charge in [0.15, 0.2) is 11.6 Å². The normalized spacial score (nSPS) is 20.1. The Balaban J connectivity index is 1.48. The number of hydrogen-bond acceptors (Lipinski definition) is 8. The van der Waals surface area contributed by atoms with E-state index in [1.165, 1.54) is 37.4 Å². The van der Waals surface area contributed by atoms with Gasteiger partial charge >= 0.3 is 0 Å². The SMILES string of the molecule is COc1cc(-c2ncnc3c(C(=O)N[C@@H]4CN(C(=O)[C@H](C)O)CC[C@H]4O)c(C)[nH]c23)c(OCC2CC2)cc1F. The third-order valence-electron chi connectivity index (χ3n) is 7.24. The molecule has 1 aromatic carbocycles. The number of aromatic nitrogens is 3. The van der Waals surface area contributed by atoms with Gasteiger partial charge in [-0.2, -0.15) is 0 Å². The zero-order valence-electron chi connectivity index (χ0n) is 22.0. The Kier molecular flexibility index (Phi) is 7.41. The summed E-state index contributed by atoms with van der Waals surface area (Å²) in [4.78, 5) is 39.1. The van der Waals surface area contributed by atoms with E-state index in [0.29, 0.717) is 46.3 Å². The summed E-state index contributed by atoms with van der Waals surface area (Å²) in [7, 11) is 1.37. The number of methoxy groups -OCH3 is 1. The van der Waals surface area contributed by atoms with E-state index < -0.39 is 35.9 Å². The Morgan fingerprint density at radius 1 is 1.26 bits per heavy atom. The standard InChI is InChI=1S/C27H32FN5O6/c1-13-22(26(36)32-18-10-33(7-6-19(18)35)27(37)14(2)34)24-25(31-13)23(29-12-30-24)16-8-21(38-3)17(28)9-20(16)39-11-15-4-5-15/h8-9,12,14-15,18-19,31,34-35H,4-7,10-11H2,1-3H3,(H,32,36)/t14-,18+,19+/m0/s1. The lowest BCUT2D eigenvalue weighted by Crippen LogP contribution is -2.57. The highest BCUT2D eigenvalue weighted by molar-refractivity contribution is 6.09. The van der Waals surface area contributed by atoms with E-state index in [1.54, 1.807) is 6.92 Å². The van der Waals surface area contributed by atoms with Gasteiger partial charge in [0, 0.05) is 30.4 Å². The summed E-state index contributed by atoms with van der Waals surface area (Å²) in [5.41, 5.74) is 2.48. The van der Waals surface area contributed by atoms with Gasteiger partial charge in [0.1, 0.15) is 29.4 Å². The van der Waals surface area contributed by atoms with Crippen molar-refractivity contribution in [3.05, 3.63) is 35.5 Å². The first-order valence-electron chi connectivity index (χ1n) is 13.0. The summed E-state index contributed by atoms with van der Waals surface area (Å²) in [5, 5.41) is 23.0. The number of amides is 2. The van der Waals surface area contributed by atoms with E-state index in [-0.39, 0.29) is 30.8 Å². The number of halogens is 1. The van der Waals surface area contributed by atoms with Gasteiger partial charge in [0.05, 0.1) is 36.9 Å². The molecule has 3 heterocycles. The summed E-state index contributed by atoms with van der Waals surface area (Å²) in [6, 6.07) is 2.06. The number of aromatic amines is 1. The van der Waals surface area contributed by atoms with Crippen molar-refractivity contribution in [3.63, 3.8) is 0 Å². The molecule has 0 unspecified atom stereocenters. The summed E-state index contributed by atoms with van der Waals surface area (Å²) in [5.74, 6) is -0.726. The molecular weight excluding hydrogens is 509 g/mol. The molecule has 1 saturated heterocycles. The average Bonchev–Trinajstić information content (AvgIpc) is 3.67.